The fourth-order valence-corrected chi connectivity index (χ4v) is 8.91. The number of phenolic OH excluding ortho intramolecular Hbond substituents is 1. The predicted octanol–water partition coefficient (Wildman–Crippen LogP) is 2.81. The second-order valence-electron chi connectivity index (χ2n) is 13.9. The molecular weight excluding hydrogens is 624 g/mol. The van der Waals surface area contributed by atoms with Crippen molar-refractivity contribution >= 4 is 23.7 Å². The van der Waals surface area contributed by atoms with Gasteiger partial charge in [0.15, 0.2) is 23.0 Å². The number of likely N-dealkylation sites (tertiary alicyclic amines) is 1. The van der Waals surface area contributed by atoms with Gasteiger partial charge in [-0.25, -0.2) is 0 Å². The molecule has 6 aliphatic rings. The van der Waals surface area contributed by atoms with Gasteiger partial charge in [-0.3, -0.25) is 24.1 Å². The van der Waals surface area contributed by atoms with E-state index < -0.39 is 53.5 Å². The SMILES string of the molecule is COc1cc([C@@H]2c3cc4c(cc3[C@@H](NC(=O)[C@H](CC(C)C)N3C(=O)C5C6CCC(O6)C5C3=O)[C@H]3COC(=O)[C@H]23)OCO4)cc(OC)c1O. The van der Waals surface area contributed by atoms with Gasteiger partial charge in [-0.2, -0.15) is 0 Å². The van der Waals surface area contributed by atoms with Gasteiger partial charge in [0.1, 0.15) is 6.04 Å². The Balaban J connectivity index is 1.20. The van der Waals surface area contributed by atoms with E-state index in [1.807, 2.05) is 26.0 Å². The van der Waals surface area contributed by atoms with Crippen LogP contribution in [0.25, 0.3) is 0 Å². The Morgan fingerprint density at radius 2 is 1.52 bits per heavy atom. The molecule has 4 saturated heterocycles. The zero-order valence-electron chi connectivity index (χ0n) is 27.1. The summed E-state index contributed by atoms with van der Waals surface area (Å²) in [5.41, 5.74) is 2.01. The van der Waals surface area contributed by atoms with Crippen LogP contribution in [-0.4, -0.2) is 79.6 Å². The summed E-state index contributed by atoms with van der Waals surface area (Å²) < 4.78 is 34.0. The molecule has 2 bridgehead atoms. The number of amides is 3. The summed E-state index contributed by atoms with van der Waals surface area (Å²) in [5.74, 6) is -3.43. The molecule has 1 aliphatic carbocycles. The molecule has 0 radical (unpaired) electrons. The number of esters is 1. The van der Waals surface area contributed by atoms with Crippen molar-refractivity contribution in [1.82, 2.24) is 10.2 Å². The van der Waals surface area contributed by atoms with Gasteiger partial charge in [0.25, 0.3) is 0 Å². The second-order valence-corrected chi connectivity index (χ2v) is 13.9. The monoisotopic (exact) mass is 662 g/mol. The molecule has 13 nitrogen and oxygen atoms in total. The van der Waals surface area contributed by atoms with E-state index in [0.29, 0.717) is 28.2 Å². The number of carbonyl (C=O) groups is 4. The lowest BCUT2D eigenvalue weighted by Crippen LogP contribution is -2.53. The molecule has 13 heteroatoms. The quantitative estimate of drug-likeness (QED) is 0.316. The van der Waals surface area contributed by atoms with Gasteiger partial charge in [0, 0.05) is 11.8 Å². The lowest BCUT2D eigenvalue weighted by atomic mass is 9.65. The number of phenols is 1. The standard InChI is InChI=1S/C35H38N2O11/c1-14(2)7-19(37-33(40)28-20-5-6-21(48-20)29(28)34(37)41)32(39)36-30-17-11-23-22(46-13-47-23)10-16(17)26(27-18(30)12-45-35(27)42)15-8-24(43-3)31(38)25(9-15)44-4/h8-11,14,18-21,26-30,38H,5-7,12-13H2,1-4H3,(H,36,39)/t18-,19-,20?,21?,26+,27-,28?,29?,30+/m0/s1. The van der Waals surface area contributed by atoms with Gasteiger partial charge in [-0.15, -0.1) is 0 Å². The number of cyclic esters (lactones) is 1. The number of ether oxygens (including phenoxy) is 6. The van der Waals surface area contributed by atoms with E-state index >= 15 is 0 Å². The number of rotatable bonds is 8. The molecule has 2 aromatic rings. The van der Waals surface area contributed by atoms with E-state index in [1.54, 1.807) is 12.1 Å². The Morgan fingerprint density at radius 3 is 2.10 bits per heavy atom. The minimum Gasteiger partial charge on any atom is -0.502 e. The summed E-state index contributed by atoms with van der Waals surface area (Å²) in [7, 11) is 2.86. The predicted molar refractivity (Wildman–Crippen MR) is 164 cm³/mol. The Hall–Kier alpha value is -4.52. The fourth-order valence-electron chi connectivity index (χ4n) is 8.91. The molecule has 0 saturated carbocycles. The second kappa shape index (κ2) is 11.3. The number of methoxy groups -OCH3 is 2. The third-order valence-electron chi connectivity index (χ3n) is 11.0. The molecule has 4 unspecified atom stereocenters. The third kappa shape index (κ3) is 4.46. The van der Waals surface area contributed by atoms with Crippen LogP contribution in [0, 0.1) is 29.6 Å². The van der Waals surface area contributed by atoms with Crippen LogP contribution in [0.5, 0.6) is 28.7 Å². The molecule has 8 rings (SSSR count). The number of carbonyl (C=O) groups excluding carboxylic acids is 4. The molecule has 9 atom stereocenters. The zero-order chi connectivity index (χ0) is 33.6. The first-order valence-electron chi connectivity index (χ1n) is 16.5. The number of nitrogens with one attached hydrogen (secondary N) is 1. The molecule has 5 aliphatic heterocycles. The van der Waals surface area contributed by atoms with E-state index in [-0.39, 0.29) is 67.0 Å². The van der Waals surface area contributed by atoms with Crippen LogP contribution in [0.15, 0.2) is 24.3 Å². The third-order valence-corrected chi connectivity index (χ3v) is 11.0. The van der Waals surface area contributed by atoms with Crippen LogP contribution >= 0.6 is 0 Å². The molecule has 2 N–H and O–H groups in total. The smallest absolute Gasteiger partial charge is 0.310 e. The summed E-state index contributed by atoms with van der Waals surface area (Å²) in [5, 5.41) is 13.8. The number of aromatic hydroxyl groups is 1. The van der Waals surface area contributed by atoms with Crippen molar-refractivity contribution in [2.75, 3.05) is 27.6 Å². The number of benzene rings is 2. The molecule has 5 heterocycles. The highest BCUT2D eigenvalue weighted by molar-refractivity contribution is 6.09. The van der Waals surface area contributed by atoms with Crippen LogP contribution in [0.1, 0.15) is 61.8 Å². The van der Waals surface area contributed by atoms with Crippen LogP contribution in [-0.2, 0) is 28.7 Å². The van der Waals surface area contributed by atoms with Crippen LogP contribution < -0.4 is 24.3 Å². The molecule has 254 valence electrons. The van der Waals surface area contributed by atoms with Crippen molar-refractivity contribution in [3.63, 3.8) is 0 Å². The van der Waals surface area contributed by atoms with Gasteiger partial charge >= 0.3 is 5.97 Å². The highest BCUT2D eigenvalue weighted by Crippen LogP contribution is 2.56. The summed E-state index contributed by atoms with van der Waals surface area (Å²) in [6.45, 7) is 3.94. The molecule has 2 aromatic carbocycles. The van der Waals surface area contributed by atoms with Crippen LogP contribution in [0.4, 0.5) is 0 Å². The first-order valence-corrected chi connectivity index (χ1v) is 16.5. The van der Waals surface area contributed by atoms with Gasteiger partial charge in [-0.1, -0.05) is 13.8 Å². The van der Waals surface area contributed by atoms with Gasteiger partial charge < -0.3 is 38.8 Å². The highest BCUT2D eigenvalue weighted by atomic mass is 16.7. The average molecular weight is 663 g/mol. The van der Waals surface area contributed by atoms with Gasteiger partial charge in [0.05, 0.1) is 56.8 Å². The van der Waals surface area contributed by atoms with E-state index in [0.717, 1.165) is 12.8 Å². The van der Waals surface area contributed by atoms with Crippen molar-refractivity contribution in [3.05, 3.63) is 41.0 Å². The maximum atomic E-state index is 14.5. The maximum Gasteiger partial charge on any atom is 0.310 e. The lowest BCUT2D eigenvalue weighted by molar-refractivity contribution is -0.151. The zero-order valence-corrected chi connectivity index (χ0v) is 27.1. The maximum absolute atomic E-state index is 14.5. The Morgan fingerprint density at radius 1 is 0.917 bits per heavy atom. The first kappa shape index (κ1) is 30.8. The van der Waals surface area contributed by atoms with E-state index in [2.05, 4.69) is 5.32 Å². The minimum atomic E-state index is -1.03. The van der Waals surface area contributed by atoms with Crippen molar-refractivity contribution in [1.29, 1.82) is 0 Å². The average Bonchev–Trinajstić information content (AvgIpc) is 3.90. The molecule has 4 fully saturated rings. The van der Waals surface area contributed by atoms with Crippen LogP contribution in [0.2, 0.25) is 0 Å². The van der Waals surface area contributed by atoms with Crippen molar-refractivity contribution in [2.45, 2.75) is 63.3 Å². The van der Waals surface area contributed by atoms with E-state index in [1.165, 1.54) is 19.1 Å². The normalized spacial score (nSPS) is 31.4. The molecular formula is C35H38N2O11. The minimum absolute atomic E-state index is 0.00444. The number of fused-ring (bicyclic) bond motifs is 8. The largest absolute Gasteiger partial charge is 0.502 e. The highest BCUT2D eigenvalue weighted by Gasteiger charge is 2.64. The molecule has 0 spiro atoms. The number of imide groups is 1. The summed E-state index contributed by atoms with van der Waals surface area (Å²) in [4.78, 5) is 56.8. The van der Waals surface area contributed by atoms with Crippen molar-refractivity contribution < 1.29 is 52.7 Å². The van der Waals surface area contributed by atoms with E-state index in [4.69, 9.17) is 28.4 Å². The number of nitrogens with zero attached hydrogens (tertiary/aromatic N) is 1. The fraction of sp³-hybridized carbons (Fsp3) is 0.543. The molecule has 0 aromatic heterocycles. The van der Waals surface area contributed by atoms with Crippen LogP contribution in [0.3, 0.4) is 0 Å². The molecule has 48 heavy (non-hydrogen) atoms. The topological polar surface area (TPSA) is 159 Å². The van der Waals surface area contributed by atoms with Gasteiger partial charge in [-0.05, 0) is 66.1 Å². The molecule has 3 amide bonds. The Kier molecular flexibility index (Phi) is 7.24. The van der Waals surface area contributed by atoms with E-state index in [9.17, 15) is 24.3 Å². The number of hydrogen-bond acceptors (Lipinski definition) is 11. The number of hydrogen-bond donors (Lipinski definition) is 2. The van der Waals surface area contributed by atoms with Crippen molar-refractivity contribution in [2.24, 2.45) is 29.6 Å². The summed E-state index contributed by atoms with van der Waals surface area (Å²) in [6, 6.07) is 5.19. The first-order chi connectivity index (χ1) is 23.1. The Labute approximate surface area is 276 Å². The van der Waals surface area contributed by atoms with Gasteiger partial charge in [0.2, 0.25) is 30.3 Å². The lowest BCUT2D eigenvalue weighted by Gasteiger charge is -2.40. The summed E-state index contributed by atoms with van der Waals surface area (Å²) in [6.07, 6.45) is 1.14. The van der Waals surface area contributed by atoms with Crippen molar-refractivity contribution in [3.8, 4) is 28.7 Å². The summed E-state index contributed by atoms with van der Waals surface area (Å²) >= 11 is 0. The Bertz CT molecular complexity index is 1670.